The predicted molar refractivity (Wildman–Crippen MR) is 147 cm³/mol. The van der Waals surface area contributed by atoms with Crippen molar-refractivity contribution in [2.45, 2.75) is 70.5 Å². The number of morpholine rings is 1. The first kappa shape index (κ1) is 31.8. The second-order valence-electron chi connectivity index (χ2n) is 11.5. The van der Waals surface area contributed by atoms with Gasteiger partial charge in [0.1, 0.15) is 17.8 Å². The Kier molecular flexibility index (Phi) is 11.8. The van der Waals surface area contributed by atoms with Crippen molar-refractivity contribution in [2.75, 3.05) is 39.4 Å². The molecule has 3 N–H and O–H groups in total. The van der Waals surface area contributed by atoms with Gasteiger partial charge in [0, 0.05) is 25.2 Å². The zero-order chi connectivity index (χ0) is 29.3. The van der Waals surface area contributed by atoms with Crippen LogP contribution in [0, 0.1) is 29.0 Å². The van der Waals surface area contributed by atoms with E-state index in [4.69, 9.17) is 9.47 Å². The molecule has 2 aliphatic rings. The summed E-state index contributed by atoms with van der Waals surface area (Å²) < 4.78 is 24.3. The van der Waals surface area contributed by atoms with Crippen LogP contribution in [-0.4, -0.2) is 95.9 Å². The molecule has 2 fully saturated rings. The highest BCUT2D eigenvalue weighted by atomic mass is 19.1. The van der Waals surface area contributed by atoms with E-state index in [1.54, 1.807) is 4.90 Å². The molecule has 0 spiro atoms. The third-order valence-corrected chi connectivity index (χ3v) is 7.91. The van der Waals surface area contributed by atoms with Crippen molar-refractivity contribution in [3.8, 4) is 6.07 Å². The molecule has 2 aliphatic heterocycles. The summed E-state index contributed by atoms with van der Waals surface area (Å²) in [5, 5.41) is 32.0. The number of carbonyl (C=O) groups excluding carboxylic acids is 2. The lowest BCUT2D eigenvalue weighted by Gasteiger charge is -2.43. The molecule has 1 aromatic rings. The lowest BCUT2D eigenvalue weighted by Crippen LogP contribution is -2.51. The number of ether oxygens (including phenoxy) is 2. The SMILES string of the molecule is CC(CC(C)(C)N1CCOCC1)C(C#N)C(=O)N1CCCC[C@@H](OC(=O)N[C@@H](Cc2ccc(F)cc2)B(O)O)C1. The van der Waals surface area contributed by atoms with Gasteiger partial charge in [0.15, 0.2) is 0 Å². The van der Waals surface area contributed by atoms with Crippen LogP contribution < -0.4 is 5.32 Å². The van der Waals surface area contributed by atoms with E-state index in [1.165, 1.54) is 24.3 Å². The van der Waals surface area contributed by atoms with E-state index in [1.807, 2.05) is 6.92 Å². The minimum absolute atomic E-state index is 0.0604. The number of halogens is 1. The lowest BCUT2D eigenvalue weighted by atomic mass is 9.76. The zero-order valence-corrected chi connectivity index (χ0v) is 23.7. The molecule has 40 heavy (non-hydrogen) atoms. The summed E-state index contributed by atoms with van der Waals surface area (Å²) in [6, 6.07) is 7.74. The van der Waals surface area contributed by atoms with Crippen LogP contribution in [0.4, 0.5) is 9.18 Å². The van der Waals surface area contributed by atoms with Crippen LogP contribution in [0.5, 0.6) is 0 Å². The molecule has 0 bridgehead atoms. The average molecular weight is 560 g/mol. The molecule has 4 atom stereocenters. The van der Waals surface area contributed by atoms with Crippen LogP contribution in [0.15, 0.2) is 24.3 Å². The number of hydrogen-bond acceptors (Lipinski definition) is 8. The first-order valence-corrected chi connectivity index (χ1v) is 14.1. The Labute approximate surface area is 236 Å². The van der Waals surface area contributed by atoms with Crippen molar-refractivity contribution in [3.63, 3.8) is 0 Å². The number of alkyl carbamates (subject to hydrolysis) is 1. The van der Waals surface area contributed by atoms with Crippen molar-refractivity contribution in [1.82, 2.24) is 15.1 Å². The van der Waals surface area contributed by atoms with Gasteiger partial charge in [-0.2, -0.15) is 5.26 Å². The highest BCUT2D eigenvalue weighted by Gasteiger charge is 2.37. The minimum Gasteiger partial charge on any atom is -0.444 e. The van der Waals surface area contributed by atoms with Gasteiger partial charge in [0.05, 0.1) is 31.8 Å². The standard InChI is InChI=1S/C28H42BFN4O6/c1-20(17-28(2,3)34-12-14-39-15-13-34)24(18-31)26(35)33-11-5-4-6-23(19-33)40-27(36)32-25(29(37)38)16-21-7-9-22(30)10-8-21/h7-10,20,23-25,37-38H,4-6,11-17,19H2,1-3H3,(H,32,36)/t20?,23-,24?,25+/m1/s1. The molecule has 2 saturated heterocycles. The molecule has 0 saturated carbocycles. The smallest absolute Gasteiger partial charge is 0.444 e. The molecule has 0 aliphatic carbocycles. The van der Waals surface area contributed by atoms with Crippen molar-refractivity contribution in [3.05, 3.63) is 35.6 Å². The second-order valence-corrected chi connectivity index (χ2v) is 11.5. The predicted octanol–water partition coefficient (Wildman–Crippen LogP) is 2.13. The maximum absolute atomic E-state index is 13.5. The fourth-order valence-electron chi connectivity index (χ4n) is 5.67. The highest BCUT2D eigenvalue weighted by Crippen LogP contribution is 2.30. The molecule has 1 aromatic carbocycles. The Hall–Kier alpha value is -2.72. The number of carbonyl (C=O) groups is 2. The molecule has 2 heterocycles. The number of nitrogens with zero attached hydrogens (tertiary/aromatic N) is 3. The van der Waals surface area contributed by atoms with Gasteiger partial charge < -0.3 is 29.7 Å². The topological polar surface area (TPSA) is 135 Å². The quantitative estimate of drug-likeness (QED) is 0.371. The van der Waals surface area contributed by atoms with Crippen molar-refractivity contribution in [2.24, 2.45) is 11.8 Å². The van der Waals surface area contributed by atoms with Crippen molar-refractivity contribution in [1.29, 1.82) is 5.26 Å². The van der Waals surface area contributed by atoms with Gasteiger partial charge in [-0.15, -0.1) is 0 Å². The summed E-state index contributed by atoms with van der Waals surface area (Å²) in [7, 11) is -1.86. The van der Waals surface area contributed by atoms with E-state index in [0.29, 0.717) is 38.2 Å². The number of nitriles is 1. The molecule has 10 nitrogen and oxygen atoms in total. The third kappa shape index (κ3) is 9.16. The van der Waals surface area contributed by atoms with E-state index in [0.717, 1.165) is 25.9 Å². The Morgan fingerprint density at radius 1 is 1.23 bits per heavy atom. The second kappa shape index (κ2) is 14.8. The molecule has 3 rings (SSSR count). The van der Waals surface area contributed by atoms with Crippen molar-refractivity contribution >= 4 is 19.1 Å². The Balaban J connectivity index is 1.58. The van der Waals surface area contributed by atoms with Gasteiger partial charge in [-0.3, -0.25) is 9.69 Å². The van der Waals surface area contributed by atoms with Gasteiger partial charge in [0.25, 0.3) is 0 Å². The Morgan fingerprint density at radius 2 is 1.90 bits per heavy atom. The number of amides is 2. The molecule has 220 valence electrons. The van der Waals surface area contributed by atoms with Gasteiger partial charge in [-0.1, -0.05) is 19.1 Å². The van der Waals surface area contributed by atoms with Crippen LogP contribution in [0.25, 0.3) is 0 Å². The Morgan fingerprint density at radius 3 is 2.52 bits per heavy atom. The van der Waals surface area contributed by atoms with Crippen LogP contribution in [-0.2, 0) is 20.7 Å². The third-order valence-electron chi connectivity index (χ3n) is 7.91. The largest absolute Gasteiger partial charge is 0.475 e. The number of likely N-dealkylation sites (tertiary alicyclic amines) is 1. The summed E-state index contributed by atoms with van der Waals surface area (Å²) in [4.78, 5) is 30.2. The maximum atomic E-state index is 13.5. The number of nitrogens with one attached hydrogen (secondary N) is 1. The van der Waals surface area contributed by atoms with E-state index >= 15 is 0 Å². The highest BCUT2D eigenvalue weighted by molar-refractivity contribution is 6.43. The zero-order valence-electron chi connectivity index (χ0n) is 23.7. The maximum Gasteiger partial charge on any atom is 0.475 e. The normalized spacial score (nSPS) is 20.9. The van der Waals surface area contributed by atoms with Gasteiger partial charge in [-0.05, 0) is 69.6 Å². The summed E-state index contributed by atoms with van der Waals surface area (Å²) in [6.45, 7) is 9.82. The lowest BCUT2D eigenvalue weighted by molar-refractivity contribution is -0.136. The fourth-order valence-corrected chi connectivity index (χ4v) is 5.67. The average Bonchev–Trinajstić information content (AvgIpc) is 3.15. The number of rotatable bonds is 10. The number of benzene rings is 1. The van der Waals surface area contributed by atoms with Crippen LogP contribution in [0.2, 0.25) is 0 Å². The fraction of sp³-hybridized carbons (Fsp3) is 0.679. The van der Waals surface area contributed by atoms with Crippen LogP contribution >= 0.6 is 0 Å². The molecule has 2 unspecified atom stereocenters. The van der Waals surface area contributed by atoms with E-state index in [-0.39, 0.29) is 30.3 Å². The first-order valence-electron chi connectivity index (χ1n) is 14.1. The first-order chi connectivity index (χ1) is 19.0. The molecule has 0 radical (unpaired) electrons. The minimum atomic E-state index is -1.86. The Bertz CT molecular complexity index is 1020. The van der Waals surface area contributed by atoms with E-state index in [2.05, 4.69) is 30.1 Å². The summed E-state index contributed by atoms with van der Waals surface area (Å²) in [6.07, 6.45) is 1.29. The van der Waals surface area contributed by atoms with Gasteiger partial charge in [0.2, 0.25) is 5.91 Å². The van der Waals surface area contributed by atoms with Crippen LogP contribution in [0.1, 0.15) is 52.0 Å². The number of hydrogen-bond donors (Lipinski definition) is 3. The van der Waals surface area contributed by atoms with Gasteiger partial charge in [-0.25, -0.2) is 9.18 Å². The van der Waals surface area contributed by atoms with Gasteiger partial charge >= 0.3 is 13.2 Å². The summed E-state index contributed by atoms with van der Waals surface area (Å²) in [5.41, 5.74) is 0.419. The molecule has 0 aromatic heterocycles. The molecule has 2 amide bonds. The van der Waals surface area contributed by atoms with Crippen LogP contribution in [0.3, 0.4) is 0 Å². The molecule has 12 heteroatoms. The van der Waals surface area contributed by atoms with Crippen molar-refractivity contribution < 1.29 is 33.5 Å². The summed E-state index contributed by atoms with van der Waals surface area (Å²) in [5.74, 6) is -2.75. The molecular weight excluding hydrogens is 518 g/mol. The van der Waals surface area contributed by atoms with E-state index in [9.17, 15) is 29.3 Å². The summed E-state index contributed by atoms with van der Waals surface area (Å²) >= 11 is 0. The molecular formula is C28H42BFN4O6. The van der Waals surface area contributed by atoms with E-state index < -0.39 is 37.0 Å². The monoisotopic (exact) mass is 560 g/mol.